The number of methoxy groups -OCH3 is 1. The maximum atomic E-state index is 11.9. The highest BCUT2D eigenvalue weighted by Gasteiger charge is 2.08. The second-order valence-electron chi connectivity index (χ2n) is 6.04. The third kappa shape index (κ3) is 7.87. The van der Waals surface area contributed by atoms with E-state index in [1.54, 1.807) is 24.3 Å². The summed E-state index contributed by atoms with van der Waals surface area (Å²) in [5.41, 5.74) is 1.68. The monoisotopic (exact) mass is 393 g/mol. The molecule has 0 radical (unpaired) electrons. The molecule has 0 heterocycles. The van der Waals surface area contributed by atoms with Gasteiger partial charge in [0.05, 0.1) is 6.61 Å². The summed E-state index contributed by atoms with van der Waals surface area (Å²) < 4.78 is 10.3. The van der Waals surface area contributed by atoms with E-state index >= 15 is 0 Å². The first-order valence-electron chi connectivity index (χ1n) is 9.05. The van der Waals surface area contributed by atoms with Crippen LogP contribution >= 0.6 is 0 Å². The average Bonchev–Trinajstić information content (AvgIpc) is 2.76. The fourth-order valence-electron chi connectivity index (χ4n) is 2.33. The quantitative estimate of drug-likeness (QED) is 0.366. The van der Waals surface area contributed by atoms with Crippen molar-refractivity contribution in [3.8, 4) is 11.8 Å². The predicted octanol–water partition coefficient (Wildman–Crippen LogP) is 2.05. The van der Waals surface area contributed by atoms with E-state index in [4.69, 9.17) is 14.7 Å². The van der Waals surface area contributed by atoms with Crippen LogP contribution in [0.3, 0.4) is 0 Å². The minimum Gasteiger partial charge on any atom is -0.484 e. The largest absolute Gasteiger partial charge is 0.484 e. The van der Waals surface area contributed by atoms with Crippen molar-refractivity contribution >= 4 is 17.9 Å². The van der Waals surface area contributed by atoms with Crippen molar-refractivity contribution in [3.63, 3.8) is 0 Å². The first-order chi connectivity index (χ1) is 14.1. The highest BCUT2D eigenvalue weighted by Crippen LogP contribution is 2.14. The fourth-order valence-corrected chi connectivity index (χ4v) is 2.33. The number of nitriles is 1. The topological polar surface area (TPSA) is 100 Å². The lowest BCUT2D eigenvalue weighted by Gasteiger charge is -2.08. The summed E-state index contributed by atoms with van der Waals surface area (Å²) >= 11 is 0. The molecule has 2 aromatic carbocycles. The third-order valence-electron chi connectivity index (χ3n) is 3.85. The molecular formula is C22H23N3O4. The first kappa shape index (κ1) is 21.7. The number of benzene rings is 2. The molecule has 0 aliphatic heterocycles. The number of carbonyl (C=O) groups excluding carboxylic acids is 2. The van der Waals surface area contributed by atoms with Crippen LogP contribution in [0.15, 0.2) is 60.2 Å². The van der Waals surface area contributed by atoms with Crippen LogP contribution in [0.2, 0.25) is 0 Å². The molecule has 0 bridgehead atoms. The number of nitrogens with one attached hydrogen (secondary N) is 2. The standard InChI is InChI=1S/C22H23N3O4/c1-28-12-11-24-22(27)19(14-23)13-17-7-9-20(10-8-17)29-16-21(26)25-15-18-5-3-2-4-6-18/h2-10,13H,11-12,15-16H2,1H3,(H,24,27)(H,25,26)/b19-13+. The van der Waals surface area contributed by atoms with E-state index in [9.17, 15) is 9.59 Å². The molecule has 150 valence electrons. The van der Waals surface area contributed by atoms with Gasteiger partial charge in [-0.3, -0.25) is 9.59 Å². The van der Waals surface area contributed by atoms with Gasteiger partial charge in [0, 0.05) is 20.2 Å². The Morgan fingerprint density at radius 3 is 2.45 bits per heavy atom. The number of hydrogen-bond acceptors (Lipinski definition) is 5. The third-order valence-corrected chi connectivity index (χ3v) is 3.85. The molecule has 0 aliphatic rings. The Hall–Kier alpha value is -3.63. The number of rotatable bonds is 10. The van der Waals surface area contributed by atoms with Crippen LogP contribution in [0.25, 0.3) is 6.08 Å². The zero-order chi connectivity index (χ0) is 20.9. The SMILES string of the molecule is COCCNC(=O)/C(C#N)=C/c1ccc(OCC(=O)NCc2ccccc2)cc1. The lowest BCUT2D eigenvalue weighted by atomic mass is 10.1. The first-order valence-corrected chi connectivity index (χ1v) is 9.05. The van der Waals surface area contributed by atoms with Crippen molar-refractivity contribution < 1.29 is 19.1 Å². The Morgan fingerprint density at radius 1 is 1.07 bits per heavy atom. The number of amides is 2. The smallest absolute Gasteiger partial charge is 0.262 e. The van der Waals surface area contributed by atoms with Gasteiger partial charge in [0.1, 0.15) is 17.4 Å². The Kier molecular flexibility index (Phi) is 8.93. The van der Waals surface area contributed by atoms with Gasteiger partial charge in [0.25, 0.3) is 11.8 Å². The van der Waals surface area contributed by atoms with Crippen LogP contribution < -0.4 is 15.4 Å². The highest BCUT2D eigenvalue weighted by molar-refractivity contribution is 6.01. The Bertz CT molecular complexity index is 871. The number of ether oxygens (including phenoxy) is 2. The highest BCUT2D eigenvalue weighted by atomic mass is 16.5. The Labute approximate surface area is 169 Å². The van der Waals surface area contributed by atoms with E-state index < -0.39 is 5.91 Å². The van der Waals surface area contributed by atoms with Crippen LogP contribution in [0.5, 0.6) is 5.75 Å². The molecule has 7 heteroatoms. The molecule has 2 N–H and O–H groups in total. The average molecular weight is 393 g/mol. The van der Waals surface area contributed by atoms with Gasteiger partial charge >= 0.3 is 0 Å². The molecule has 0 saturated heterocycles. The molecular weight excluding hydrogens is 370 g/mol. The van der Waals surface area contributed by atoms with Gasteiger partial charge in [-0.2, -0.15) is 5.26 Å². The summed E-state index contributed by atoms with van der Waals surface area (Å²) in [5, 5.41) is 14.6. The van der Waals surface area contributed by atoms with Gasteiger partial charge in [0.2, 0.25) is 0 Å². The van der Waals surface area contributed by atoms with Crippen LogP contribution in [0, 0.1) is 11.3 Å². The molecule has 0 atom stereocenters. The van der Waals surface area contributed by atoms with E-state index in [1.807, 2.05) is 36.4 Å². The van der Waals surface area contributed by atoms with Gasteiger partial charge in [-0.15, -0.1) is 0 Å². The fraction of sp³-hybridized carbons (Fsp3) is 0.227. The molecule has 0 spiro atoms. The van der Waals surface area contributed by atoms with Gasteiger partial charge in [-0.05, 0) is 29.3 Å². The van der Waals surface area contributed by atoms with Gasteiger partial charge in [-0.25, -0.2) is 0 Å². The zero-order valence-electron chi connectivity index (χ0n) is 16.2. The molecule has 0 unspecified atom stereocenters. The summed E-state index contributed by atoms with van der Waals surface area (Å²) in [4.78, 5) is 23.8. The van der Waals surface area contributed by atoms with Crippen molar-refractivity contribution in [1.29, 1.82) is 5.26 Å². The normalized spacial score (nSPS) is 10.7. The minimum atomic E-state index is -0.458. The van der Waals surface area contributed by atoms with E-state index in [0.29, 0.717) is 31.0 Å². The Balaban J connectivity index is 1.83. The van der Waals surface area contributed by atoms with E-state index in [2.05, 4.69) is 10.6 Å². The minimum absolute atomic E-state index is 0.00457. The molecule has 7 nitrogen and oxygen atoms in total. The van der Waals surface area contributed by atoms with Crippen LogP contribution in [0.4, 0.5) is 0 Å². The second kappa shape index (κ2) is 12.0. The van der Waals surface area contributed by atoms with E-state index in [-0.39, 0.29) is 18.1 Å². The summed E-state index contributed by atoms with van der Waals surface area (Å²) in [6.45, 7) is 1.03. The number of carbonyl (C=O) groups is 2. The van der Waals surface area contributed by atoms with Crippen molar-refractivity contribution in [2.75, 3.05) is 26.9 Å². The van der Waals surface area contributed by atoms with Crippen LogP contribution in [-0.4, -0.2) is 38.7 Å². The van der Waals surface area contributed by atoms with Gasteiger partial charge < -0.3 is 20.1 Å². The van der Waals surface area contributed by atoms with Crippen molar-refractivity contribution in [1.82, 2.24) is 10.6 Å². The molecule has 0 aliphatic carbocycles. The molecule has 2 rings (SSSR count). The summed E-state index contributed by atoms with van der Waals surface area (Å²) in [6, 6.07) is 18.2. The van der Waals surface area contributed by atoms with E-state index in [0.717, 1.165) is 5.56 Å². The van der Waals surface area contributed by atoms with Crippen molar-refractivity contribution in [2.45, 2.75) is 6.54 Å². The second-order valence-corrected chi connectivity index (χ2v) is 6.04. The predicted molar refractivity (Wildman–Crippen MR) is 109 cm³/mol. The summed E-state index contributed by atoms with van der Waals surface area (Å²) in [6.07, 6.45) is 1.48. The molecule has 2 amide bonds. The molecule has 0 aromatic heterocycles. The van der Waals surface area contributed by atoms with E-state index in [1.165, 1.54) is 13.2 Å². The van der Waals surface area contributed by atoms with Crippen molar-refractivity contribution in [3.05, 3.63) is 71.3 Å². The zero-order valence-corrected chi connectivity index (χ0v) is 16.2. The summed E-state index contributed by atoms with van der Waals surface area (Å²) in [7, 11) is 1.53. The van der Waals surface area contributed by atoms with Gasteiger partial charge in [-0.1, -0.05) is 42.5 Å². The maximum Gasteiger partial charge on any atom is 0.262 e. The maximum absolute atomic E-state index is 11.9. The number of nitrogens with zero attached hydrogens (tertiary/aromatic N) is 1. The molecule has 0 saturated carbocycles. The Morgan fingerprint density at radius 2 is 1.79 bits per heavy atom. The molecule has 0 fully saturated rings. The van der Waals surface area contributed by atoms with Gasteiger partial charge in [0.15, 0.2) is 6.61 Å². The van der Waals surface area contributed by atoms with Crippen LogP contribution in [-0.2, 0) is 20.9 Å². The van der Waals surface area contributed by atoms with Crippen LogP contribution in [0.1, 0.15) is 11.1 Å². The summed E-state index contributed by atoms with van der Waals surface area (Å²) in [5.74, 6) is -0.169. The lowest BCUT2D eigenvalue weighted by molar-refractivity contribution is -0.123. The molecule has 2 aromatic rings. The van der Waals surface area contributed by atoms with Crippen molar-refractivity contribution in [2.24, 2.45) is 0 Å². The number of hydrogen-bond donors (Lipinski definition) is 2. The molecule has 29 heavy (non-hydrogen) atoms. The lowest BCUT2D eigenvalue weighted by Crippen LogP contribution is -2.28.